The van der Waals surface area contributed by atoms with E-state index < -0.39 is 0 Å². The van der Waals surface area contributed by atoms with E-state index in [-0.39, 0.29) is 0 Å². The Bertz CT molecular complexity index is 564. The van der Waals surface area contributed by atoms with Crippen LogP contribution in [0.1, 0.15) is 23.9 Å². The number of fused-ring (bicyclic) bond motifs is 3. The monoisotopic (exact) mass is 230 g/mol. The molecule has 0 bridgehead atoms. The van der Waals surface area contributed by atoms with Gasteiger partial charge in [-0.1, -0.05) is 31.2 Å². The van der Waals surface area contributed by atoms with Crippen LogP contribution in [0.3, 0.4) is 0 Å². The third-order valence-electron chi connectivity index (χ3n) is 3.01. The molecule has 0 amide bonds. The number of aryl methyl sites for hydroxylation is 1. The molecule has 0 aliphatic heterocycles. The van der Waals surface area contributed by atoms with E-state index in [0.717, 1.165) is 24.2 Å². The van der Waals surface area contributed by atoms with Crippen molar-refractivity contribution in [1.29, 1.82) is 0 Å². The predicted octanol–water partition coefficient (Wildman–Crippen LogP) is 3.26. The van der Waals surface area contributed by atoms with Crippen LogP contribution in [0, 0.1) is 0 Å². The fraction of sp³-hybridized carbons (Fsp3) is 0.231. The number of halogens is 1. The van der Waals surface area contributed by atoms with Crippen molar-refractivity contribution in [2.75, 3.05) is 0 Å². The Hall–Kier alpha value is -1.41. The Morgan fingerprint density at radius 1 is 1.25 bits per heavy atom. The summed E-state index contributed by atoms with van der Waals surface area (Å²) in [6, 6.07) is 8.40. The third-order valence-corrected chi connectivity index (χ3v) is 3.18. The molecule has 0 N–H and O–H groups in total. The average molecular weight is 231 g/mol. The molecule has 1 aliphatic carbocycles. The van der Waals surface area contributed by atoms with E-state index >= 15 is 0 Å². The van der Waals surface area contributed by atoms with Crippen molar-refractivity contribution in [2.24, 2.45) is 0 Å². The Kier molecular flexibility index (Phi) is 2.18. The molecule has 80 valence electrons. The van der Waals surface area contributed by atoms with Crippen LogP contribution in [0.25, 0.3) is 11.1 Å². The second kappa shape index (κ2) is 3.56. The molecule has 0 saturated heterocycles. The van der Waals surface area contributed by atoms with Crippen LogP contribution in [0.4, 0.5) is 0 Å². The van der Waals surface area contributed by atoms with Gasteiger partial charge in [-0.25, -0.2) is 9.97 Å². The first-order valence-corrected chi connectivity index (χ1v) is 5.81. The van der Waals surface area contributed by atoms with Gasteiger partial charge in [-0.2, -0.15) is 0 Å². The average Bonchev–Trinajstić information content (AvgIpc) is 2.65. The van der Waals surface area contributed by atoms with Gasteiger partial charge in [0.15, 0.2) is 0 Å². The summed E-state index contributed by atoms with van der Waals surface area (Å²) >= 11 is 5.93. The van der Waals surface area contributed by atoms with Crippen LogP contribution in [-0.2, 0) is 12.8 Å². The van der Waals surface area contributed by atoms with E-state index in [2.05, 4.69) is 41.2 Å². The largest absolute Gasteiger partial charge is 0.222 e. The van der Waals surface area contributed by atoms with Crippen LogP contribution in [-0.4, -0.2) is 9.97 Å². The summed E-state index contributed by atoms with van der Waals surface area (Å²) in [5.41, 5.74) is 5.91. The highest BCUT2D eigenvalue weighted by Crippen LogP contribution is 2.37. The van der Waals surface area contributed by atoms with Crippen molar-refractivity contribution < 1.29 is 0 Å². The summed E-state index contributed by atoms with van der Waals surface area (Å²) in [5.74, 6) is 0. The standard InChI is InChI=1S/C13H11ClN2/c1-2-10-12-9-6-4-3-5-8(9)7-11(12)16-13(14)15-10/h3-6H,2,7H2,1H3. The highest BCUT2D eigenvalue weighted by Gasteiger charge is 2.23. The molecule has 2 aromatic rings. The van der Waals surface area contributed by atoms with Crippen molar-refractivity contribution in [2.45, 2.75) is 19.8 Å². The molecular formula is C13H11ClN2. The zero-order valence-corrected chi connectivity index (χ0v) is 9.75. The van der Waals surface area contributed by atoms with Gasteiger partial charge in [0.1, 0.15) is 0 Å². The summed E-state index contributed by atoms with van der Waals surface area (Å²) in [7, 11) is 0. The minimum atomic E-state index is 0.364. The predicted molar refractivity (Wildman–Crippen MR) is 64.7 cm³/mol. The van der Waals surface area contributed by atoms with Crippen LogP contribution in [0.15, 0.2) is 24.3 Å². The molecule has 3 rings (SSSR count). The highest BCUT2D eigenvalue weighted by molar-refractivity contribution is 6.28. The van der Waals surface area contributed by atoms with Gasteiger partial charge in [-0.15, -0.1) is 0 Å². The summed E-state index contributed by atoms with van der Waals surface area (Å²) in [6.45, 7) is 2.10. The smallest absolute Gasteiger partial charge is 0.222 e. The normalized spacial score (nSPS) is 12.4. The number of aromatic nitrogens is 2. The fourth-order valence-electron chi connectivity index (χ4n) is 2.32. The molecule has 2 nitrogen and oxygen atoms in total. The Labute approximate surface area is 99.3 Å². The first kappa shape index (κ1) is 9.79. The van der Waals surface area contributed by atoms with Crippen LogP contribution in [0.5, 0.6) is 0 Å². The van der Waals surface area contributed by atoms with Crippen LogP contribution < -0.4 is 0 Å². The van der Waals surface area contributed by atoms with E-state index in [1.807, 2.05) is 0 Å². The van der Waals surface area contributed by atoms with E-state index in [9.17, 15) is 0 Å². The van der Waals surface area contributed by atoms with E-state index in [1.54, 1.807) is 0 Å². The second-order valence-corrected chi connectivity index (χ2v) is 4.29. The summed E-state index contributed by atoms with van der Waals surface area (Å²) in [5, 5.41) is 0.364. The molecule has 1 aromatic carbocycles. The van der Waals surface area contributed by atoms with Gasteiger partial charge < -0.3 is 0 Å². The lowest BCUT2D eigenvalue weighted by atomic mass is 10.0. The van der Waals surface area contributed by atoms with Gasteiger partial charge in [0, 0.05) is 12.0 Å². The molecule has 0 saturated carbocycles. The number of rotatable bonds is 1. The van der Waals surface area contributed by atoms with Gasteiger partial charge in [0.25, 0.3) is 0 Å². The van der Waals surface area contributed by atoms with Crippen molar-refractivity contribution in [3.63, 3.8) is 0 Å². The SMILES string of the molecule is CCc1nc(Cl)nc2c1-c1ccccc1C2. The maximum absolute atomic E-state index is 5.93. The molecule has 0 fully saturated rings. The summed E-state index contributed by atoms with van der Waals surface area (Å²) in [4.78, 5) is 8.65. The van der Waals surface area contributed by atoms with Gasteiger partial charge in [0.05, 0.1) is 11.4 Å². The lowest BCUT2D eigenvalue weighted by Crippen LogP contribution is -1.97. The van der Waals surface area contributed by atoms with Crippen molar-refractivity contribution in [3.05, 3.63) is 46.5 Å². The number of hydrogen-bond acceptors (Lipinski definition) is 2. The van der Waals surface area contributed by atoms with Gasteiger partial charge in [-0.3, -0.25) is 0 Å². The van der Waals surface area contributed by atoms with Gasteiger partial charge >= 0.3 is 0 Å². The number of benzene rings is 1. The third kappa shape index (κ3) is 1.34. The molecule has 0 radical (unpaired) electrons. The molecule has 1 aliphatic rings. The van der Waals surface area contributed by atoms with E-state index in [0.29, 0.717) is 5.28 Å². The number of hydrogen-bond donors (Lipinski definition) is 0. The molecule has 0 unspecified atom stereocenters. The first-order valence-electron chi connectivity index (χ1n) is 5.43. The van der Waals surface area contributed by atoms with E-state index in [1.165, 1.54) is 16.7 Å². The zero-order valence-electron chi connectivity index (χ0n) is 9.00. The second-order valence-electron chi connectivity index (χ2n) is 3.95. The molecule has 16 heavy (non-hydrogen) atoms. The fourth-order valence-corrected chi connectivity index (χ4v) is 2.52. The lowest BCUT2D eigenvalue weighted by Gasteiger charge is -2.06. The van der Waals surface area contributed by atoms with Crippen LogP contribution in [0.2, 0.25) is 5.28 Å². The van der Waals surface area contributed by atoms with Crippen molar-refractivity contribution in [1.82, 2.24) is 9.97 Å². The van der Waals surface area contributed by atoms with E-state index in [4.69, 9.17) is 11.6 Å². The Balaban J connectivity index is 2.30. The minimum absolute atomic E-state index is 0.364. The molecule has 0 atom stereocenters. The molecule has 0 spiro atoms. The van der Waals surface area contributed by atoms with Crippen LogP contribution >= 0.6 is 11.6 Å². The van der Waals surface area contributed by atoms with Gasteiger partial charge in [-0.05, 0) is 29.1 Å². The lowest BCUT2D eigenvalue weighted by molar-refractivity contribution is 0.975. The quantitative estimate of drug-likeness (QED) is 0.600. The molecule has 1 aromatic heterocycles. The first-order chi connectivity index (χ1) is 7.79. The maximum Gasteiger partial charge on any atom is 0.222 e. The minimum Gasteiger partial charge on any atom is -0.222 e. The highest BCUT2D eigenvalue weighted by atomic mass is 35.5. The van der Waals surface area contributed by atoms with Crippen molar-refractivity contribution >= 4 is 11.6 Å². The topological polar surface area (TPSA) is 25.8 Å². The molecule has 1 heterocycles. The summed E-state index contributed by atoms with van der Waals surface area (Å²) in [6.07, 6.45) is 1.76. The number of nitrogens with zero attached hydrogens (tertiary/aromatic N) is 2. The molecular weight excluding hydrogens is 220 g/mol. The zero-order chi connectivity index (χ0) is 11.1. The summed E-state index contributed by atoms with van der Waals surface area (Å²) < 4.78 is 0. The maximum atomic E-state index is 5.93. The van der Waals surface area contributed by atoms with Gasteiger partial charge in [0.2, 0.25) is 5.28 Å². The Morgan fingerprint density at radius 3 is 2.88 bits per heavy atom. The van der Waals surface area contributed by atoms with Crippen molar-refractivity contribution in [3.8, 4) is 11.1 Å². The molecule has 3 heteroatoms. The Morgan fingerprint density at radius 2 is 2.06 bits per heavy atom.